The van der Waals surface area contributed by atoms with Gasteiger partial charge < -0.3 is 25.2 Å². The first-order valence-corrected chi connectivity index (χ1v) is 15.5. The van der Waals surface area contributed by atoms with Gasteiger partial charge in [0.15, 0.2) is 5.82 Å². The van der Waals surface area contributed by atoms with Crippen LogP contribution in [0.3, 0.4) is 0 Å². The van der Waals surface area contributed by atoms with Crippen LogP contribution in [0, 0.1) is 5.82 Å². The van der Waals surface area contributed by atoms with Gasteiger partial charge in [0.1, 0.15) is 23.6 Å². The first-order valence-electron chi connectivity index (χ1n) is 15.5. The molecule has 3 N–H and O–H groups in total. The number of aryl methyl sites for hydroxylation is 1. The van der Waals surface area contributed by atoms with E-state index in [1.807, 2.05) is 30.3 Å². The summed E-state index contributed by atoms with van der Waals surface area (Å²) in [4.78, 5) is 18.6. The van der Waals surface area contributed by atoms with Crippen LogP contribution in [0.1, 0.15) is 38.2 Å². The molecule has 0 saturated carbocycles. The van der Waals surface area contributed by atoms with Gasteiger partial charge in [-0.25, -0.2) is 4.39 Å². The van der Waals surface area contributed by atoms with E-state index in [2.05, 4.69) is 33.1 Å². The number of fused-ring (bicyclic) bond motifs is 5. The number of piperazine rings is 1. The van der Waals surface area contributed by atoms with Crippen LogP contribution >= 0.6 is 0 Å². The minimum absolute atomic E-state index is 0.105. The fourth-order valence-electron chi connectivity index (χ4n) is 8.12. The summed E-state index contributed by atoms with van der Waals surface area (Å²) in [5.74, 6) is 0.144. The fourth-order valence-corrected chi connectivity index (χ4v) is 8.12. The molecule has 0 aliphatic carbocycles. The zero-order valence-electron chi connectivity index (χ0n) is 24.3. The highest BCUT2D eigenvalue weighted by Crippen LogP contribution is 2.41. The third-order valence-electron chi connectivity index (χ3n) is 10.0. The molecule has 4 aliphatic rings. The molecule has 6 heterocycles. The Labute approximate surface area is 249 Å². The second kappa shape index (κ2) is 10.3. The number of aliphatic hydroxyl groups excluding tert-OH is 2. The Kier molecular flexibility index (Phi) is 6.52. The third kappa shape index (κ3) is 4.54. The van der Waals surface area contributed by atoms with Crippen LogP contribution in [-0.2, 0) is 6.42 Å². The number of nitrogens with zero attached hydrogens (tertiary/aromatic N) is 5. The Morgan fingerprint density at radius 2 is 1.72 bits per heavy atom. The van der Waals surface area contributed by atoms with Crippen LogP contribution in [0.2, 0.25) is 0 Å². The van der Waals surface area contributed by atoms with E-state index in [0.29, 0.717) is 49.2 Å². The van der Waals surface area contributed by atoms with E-state index < -0.39 is 23.6 Å². The number of β-amino-alcohol motifs (C(OH)–C–C–N with tert-alkyl or cyclic N) is 2. The predicted molar refractivity (Wildman–Crippen MR) is 163 cm³/mol. The van der Waals surface area contributed by atoms with Gasteiger partial charge in [0.2, 0.25) is 0 Å². The zero-order chi connectivity index (χ0) is 29.3. The van der Waals surface area contributed by atoms with Crippen molar-refractivity contribution in [1.29, 1.82) is 0 Å². The van der Waals surface area contributed by atoms with Crippen molar-refractivity contribution in [3.05, 3.63) is 54.0 Å². The topological polar surface area (TPSA) is 107 Å². The van der Waals surface area contributed by atoms with Gasteiger partial charge in [-0.15, -0.1) is 0 Å². The standard InChI is InChI=1S/C33H37FN6O3/c1-2-19-5-3-6-20-7-4-8-25(27(19)20)29-28(34)30-26(13-35-29)31(39-14-21-9-10-22(15-39)36-21)38-32(37-30)43-18-33-11-23(41)16-40(33)17-24(42)12-33/h3-8,13,21-24,36,41-42H,2,9-12,14-18H2,1H3/t21-,22+,23-,24+,33-. The van der Waals surface area contributed by atoms with Gasteiger partial charge in [0.05, 0.1) is 23.1 Å². The predicted octanol–water partition coefficient (Wildman–Crippen LogP) is 3.44. The fraction of sp³-hybridized carbons (Fsp3) is 0.485. The smallest absolute Gasteiger partial charge is 0.319 e. The SMILES string of the molecule is CCc1cccc2cccc(-c3ncc4c(N5C[C@H]6CC[C@@H](C5)N6)nc(OC[C@@]56C[C@H](O)CN5C[C@H](O)C6)nc4c3F)c12. The lowest BCUT2D eigenvalue weighted by Gasteiger charge is -2.34. The number of pyridine rings is 1. The lowest BCUT2D eigenvalue weighted by Crippen LogP contribution is -2.51. The highest BCUT2D eigenvalue weighted by atomic mass is 19.1. The molecule has 10 heteroatoms. The quantitative estimate of drug-likeness (QED) is 0.314. The largest absolute Gasteiger partial charge is 0.461 e. The normalized spacial score (nSPS) is 28.7. The van der Waals surface area contributed by atoms with Gasteiger partial charge in [-0.05, 0) is 48.4 Å². The van der Waals surface area contributed by atoms with Crippen LogP contribution in [-0.4, -0.2) is 92.7 Å². The van der Waals surface area contributed by atoms with Gasteiger partial charge in [-0.3, -0.25) is 9.88 Å². The van der Waals surface area contributed by atoms with Crippen LogP contribution in [0.4, 0.5) is 10.2 Å². The molecule has 0 spiro atoms. The first-order chi connectivity index (χ1) is 20.9. The number of aromatic nitrogens is 3. The molecule has 5 atom stereocenters. The Hall–Kier alpha value is -3.44. The molecule has 0 radical (unpaired) electrons. The molecule has 2 aromatic carbocycles. The lowest BCUT2D eigenvalue weighted by atomic mass is 9.93. The molecule has 4 saturated heterocycles. The molecular formula is C33H37FN6O3. The molecule has 0 amide bonds. The van der Waals surface area contributed by atoms with Crippen molar-refractivity contribution in [1.82, 2.24) is 25.2 Å². The van der Waals surface area contributed by atoms with Gasteiger partial charge in [-0.1, -0.05) is 43.3 Å². The number of hydrogen-bond donors (Lipinski definition) is 3. The van der Waals surface area contributed by atoms with E-state index in [-0.39, 0.29) is 23.8 Å². The highest BCUT2D eigenvalue weighted by Gasteiger charge is 2.52. The van der Waals surface area contributed by atoms with Gasteiger partial charge in [0.25, 0.3) is 0 Å². The number of anilines is 1. The summed E-state index contributed by atoms with van der Waals surface area (Å²) in [6.45, 7) is 4.86. The highest BCUT2D eigenvalue weighted by molar-refractivity contribution is 6.00. The molecule has 4 fully saturated rings. The number of aliphatic hydroxyl groups is 2. The molecule has 2 aromatic heterocycles. The number of benzene rings is 2. The second-order valence-electron chi connectivity index (χ2n) is 12.9. The molecule has 0 unspecified atom stereocenters. The monoisotopic (exact) mass is 584 g/mol. The van der Waals surface area contributed by atoms with E-state index in [1.54, 1.807) is 6.20 Å². The van der Waals surface area contributed by atoms with E-state index in [4.69, 9.17) is 14.7 Å². The van der Waals surface area contributed by atoms with Crippen LogP contribution in [0.5, 0.6) is 6.01 Å². The maximum absolute atomic E-state index is 16.8. The Morgan fingerprint density at radius 1 is 1.00 bits per heavy atom. The molecule has 4 aliphatic heterocycles. The minimum Gasteiger partial charge on any atom is -0.461 e. The molecular weight excluding hydrogens is 547 g/mol. The van der Waals surface area contributed by atoms with Gasteiger partial charge >= 0.3 is 6.01 Å². The number of ether oxygens (including phenoxy) is 1. The second-order valence-corrected chi connectivity index (χ2v) is 12.9. The number of halogens is 1. The van der Waals surface area contributed by atoms with E-state index in [1.165, 1.54) is 0 Å². The van der Waals surface area contributed by atoms with Crippen molar-refractivity contribution >= 4 is 27.5 Å². The van der Waals surface area contributed by atoms with E-state index >= 15 is 4.39 Å². The Bertz CT molecular complexity index is 1690. The summed E-state index contributed by atoms with van der Waals surface area (Å²) in [7, 11) is 0. The van der Waals surface area contributed by atoms with Crippen molar-refractivity contribution in [3.8, 4) is 17.3 Å². The summed E-state index contributed by atoms with van der Waals surface area (Å²) >= 11 is 0. The third-order valence-corrected chi connectivity index (χ3v) is 10.0. The molecule has 2 bridgehead atoms. The summed E-state index contributed by atoms with van der Waals surface area (Å²) in [5, 5.41) is 27.1. The lowest BCUT2D eigenvalue weighted by molar-refractivity contribution is 0.105. The molecule has 4 aromatic rings. The van der Waals surface area contributed by atoms with Crippen molar-refractivity contribution in [3.63, 3.8) is 0 Å². The summed E-state index contributed by atoms with van der Waals surface area (Å²) in [6, 6.07) is 12.9. The maximum Gasteiger partial charge on any atom is 0.319 e. The molecule has 9 nitrogen and oxygen atoms in total. The number of nitrogens with one attached hydrogen (secondary N) is 1. The van der Waals surface area contributed by atoms with Crippen molar-refractivity contribution in [2.45, 2.75) is 68.9 Å². The van der Waals surface area contributed by atoms with Crippen LogP contribution in [0.15, 0.2) is 42.6 Å². The molecule has 224 valence electrons. The van der Waals surface area contributed by atoms with Crippen LogP contribution in [0.25, 0.3) is 32.9 Å². The van der Waals surface area contributed by atoms with Crippen molar-refractivity contribution < 1.29 is 19.3 Å². The zero-order valence-corrected chi connectivity index (χ0v) is 24.3. The first kappa shape index (κ1) is 27.1. The molecule has 8 rings (SSSR count). The average molecular weight is 585 g/mol. The Morgan fingerprint density at radius 3 is 2.44 bits per heavy atom. The summed E-state index contributed by atoms with van der Waals surface area (Å²) in [6.07, 6.45) is 4.82. The summed E-state index contributed by atoms with van der Waals surface area (Å²) < 4.78 is 23.0. The number of hydrogen-bond acceptors (Lipinski definition) is 9. The van der Waals surface area contributed by atoms with E-state index in [9.17, 15) is 10.2 Å². The Balaban J connectivity index is 1.24. The van der Waals surface area contributed by atoms with Crippen molar-refractivity contribution in [2.24, 2.45) is 0 Å². The minimum atomic E-state index is -0.493. The average Bonchev–Trinajstić information content (AvgIpc) is 3.61. The molecule has 43 heavy (non-hydrogen) atoms. The van der Waals surface area contributed by atoms with E-state index in [0.717, 1.165) is 54.3 Å². The van der Waals surface area contributed by atoms with Gasteiger partial charge in [0, 0.05) is 50.0 Å². The maximum atomic E-state index is 16.8. The van der Waals surface area contributed by atoms with Crippen LogP contribution < -0.4 is 15.0 Å². The summed E-state index contributed by atoms with van der Waals surface area (Å²) in [5.41, 5.74) is 1.84. The van der Waals surface area contributed by atoms with Crippen molar-refractivity contribution in [2.75, 3.05) is 37.7 Å². The number of rotatable bonds is 6. The van der Waals surface area contributed by atoms with Gasteiger partial charge in [-0.2, -0.15) is 9.97 Å².